The van der Waals surface area contributed by atoms with E-state index in [2.05, 4.69) is 5.32 Å². The number of halogens is 1. The Bertz CT molecular complexity index is 1080. The largest absolute Gasteiger partial charge is 0.506 e. The van der Waals surface area contributed by atoms with Crippen molar-refractivity contribution in [3.8, 4) is 5.75 Å². The van der Waals surface area contributed by atoms with Gasteiger partial charge in [-0.2, -0.15) is 0 Å². The number of imide groups is 1. The second-order valence-electron chi connectivity index (χ2n) is 8.39. The average Bonchev–Trinajstić information content (AvgIpc) is 3.42. The zero-order chi connectivity index (χ0) is 21.7. The molecule has 2 bridgehead atoms. The molecule has 2 aromatic carbocycles. The quantitative estimate of drug-likeness (QED) is 0.441. The zero-order valence-corrected chi connectivity index (χ0v) is 16.6. The molecule has 2 aliphatic carbocycles. The first kappa shape index (κ1) is 19.5. The summed E-state index contributed by atoms with van der Waals surface area (Å²) in [7, 11) is 0. The molecule has 2 N–H and O–H groups in total. The van der Waals surface area contributed by atoms with Gasteiger partial charge in [-0.05, 0) is 48.1 Å². The van der Waals surface area contributed by atoms with Crippen molar-refractivity contribution in [1.29, 1.82) is 0 Å². The van der Waals surface area contributed by atoms with Crippen LogP contribution in [0.3, 0.4) is 0 Å². The highest BCUT2D eigenvalue weighted by Crippen LogP contribution is 2.54. The molecule has 3 aliphatic rings. The summed E-state index contributed by atoms with van der Waals surface area (Å²) in [6, 6.07) is 11.0. The molecule has 158 valence electrons. The number of fused-ring (bicyclic) bond motifs is 5. The van der Waals surface area contributed by atoms with Gasteiger partial charge in [0.25, 0.3) is 0 Å². The SMILES string of the molecule is O=C(CC(c1cccc(F)c1)N1C(=O)C2C3C=CC(C3)C2C1=O)Nc1ccccc1O. The van der Waals surface area contributed by atoms with Crippen molar-refractivity contribution in [2.45, 2.75) is 18.9 Å². The molecule has 5 atom stereocenters. The van der Waals surface area contributed by atoms with E-state index in [1.165, 1.54) is 29.2 Å². The first-order valence-corrected chi connectivity index (χ1v) is 10.3. The van der Waals surface area contributed by atoms with Crippen molar-refractivity contribution < 1.29 is 23.9 Å². The average molecular weight is 420 g/mol. The molecule has 0 aromatic heterocycles. The lowest BCUT2D eigenvalue weighted by Crippen LogP contribution is -2.38. The molecule has 5 unspecified atom stereocenters. The summed E-state index contributed by atoms with van der Waals surface area (Å²) in [5, 5.41) is 12.5. The van der Waals surface area contributed by atoms with E-state index in [-0.39, 0.29) is 41.5 Å². The topological polar surface area (TPSA) is 86.7 Å². The van der Waals surface area contributed by atoms with Crippen LogP contribution in [-0.4, -0.2) is 27.7 Å². The predicted molar refractivity (Wildman–Crippen MR) is 110 cm³/mol. The minimum Gasteiger partial charge on any atom is -0.506 e. The summed E-state index contributed by atoms with van der Waals surface area (Å²) in [4.78, 5) is 40.6. The fraction of sp³-hybridized carbons (Fsp3) is 0.292. The van der Waals surface area contributed by atoms with Crippen molar-refractivity contribution >= 4 is 23.4 Å². The van der Waals surface area contributed by atoms with Crippen molar-refractivity contribution in [2.24, 2.45) is 23.7 Å². The molecule has 5 rings (SSSR count). The van der Waals surface area contributed by atoms with Gasteiger partial charge < -0.3 is 10.4 Å². The number of nitrogens with one attached hydrogen (secondary N) is 1. The Hall–Kier alpha value is -3.48. The first-order valence-electron chi connectivity index (χ1n) is 10.3. The lowest BCUT2D eigenvalue weighted by molar-refractivity contribution is -0.144. The highest BCUT2D eigenvalue weighted by atomic mass is 19.1. The molecule has 1 saturated heterocycles. The van der Waals surface area contributed by atoms with E-state index in [0.717, 1.165) is 6.42 Å². The number of carbonyl (C=O) groups is 3. The van der Waals surface area contributed by atoms with Gasteiger partial charge in [-0.15, -0.1) is 0 Å². The summed E-state index contributed by atoms with van der Waals surface area (Å²) in [5.41, 5.74) is 0.609. The number of hydrogen-bond acceptors (Lipinski definition) is 4. The van der Waals surface area contributed by atoms with Gasteiger partial charge in [-0.25, -0.2) is 4.39 Å². The molecule has 1 saturated carbocycles. The van der Waals surface area contributed by atoms with Gasteiger partial charge in [0.05, 0.1) is 30.0 Å². The molecule has 6 nitrogen and oxygen atoms in total. The number of allylic oxidation sites excluding steroid dienone is 2. The molecule has 3 amide bonds. The second kappa shape index (κ2) is 7.34. The maximum absolute atomic E-state index is 14.0. The summed E-state index contributed by atoms with van der Waals surface area (Å²) in [5.74, 6) is -2.41. The number of anilines is 1. The van der Waals surface area contributed by atoms with Crippen LogP contribution in [0.5, 0.6) is 5.75 Å². The normalized spacial score (nSPS) is 26.9. The van der Waals surface area contributed by atoms with Gasteiger partial charge in [0.1, 0.15) is 11.6 Å². The van der Waals surface area contributed by atoms with Crippen LogP contribution in [0, 0.1) is 29.5 Å². The van der Waals surface area contributed by atoms with Crippen molar-refractivity contribution in [3.05, 3.63) is 72.1 Å². The number of aromatic hydroxyl groups is 1. The number of hydrogen-bond donors (Lipinski definition) is 2. The van der Waals surface area contributed by atoms with Gasteiger partial charge in [0, 0.05) is 0 Å². The molecule has 1 aliphatic heterocycles. The molecule has 31 heavy (non-hydrogen) atoms. The zero-order valence-electron chi connectivity index (χ0n) is 16.6. The Balaban J connectivity index is 1.46. The van der Waals surface area contributed by atoms with E-state index in [9.17, 15) is 23.9 Å². The fourth-order valence-corrected chi connectivity index (χ4v) is 5.26. The maximum atomic E-state index is 14.0. The van der Waals surface area contributed by atoms with Gasteiger partial charge >= 0.3 is 0 Å². The minimum atomic E-state index is -0.924. The van der Waals surface area contributed by atoms with Crippen LogP contribution in [0.25, 0.3) is 0 Å². The minimum absolute atomic E-state index is 0.0414. The fourth-order valence-electron chi connectivity index (χ4n) is 5.26. The van der Waals surface area contributed by atoms with Crippen molar-refractivity contribution in [3.63, 3.8) is 0 Å². The van der Waals surface area contributed by atoms with E-state index < -0.39 is 29.6 Å². The van der Waals surface area contributed by atoms with Crippen LogP contribution in [-0.2, 0) is 14.4 Å². The van der Waals surface area contributed by atoms with E-state index >= 15 is 0 Å². The van der Waals surface area contributed by atoms with E-state index in [0.29, 0.717) is 5.56 Å². The number of phenolic OH excluding ortho intramolecular Hbond substituents is 1. The molecular weight excluding hydrogens is 399 g/mol. The third-order valence-corrected chi connectivity index (χ3v) is 6.61. The Morgan fingerprint density at radius 2 is 1.74 bits per heavy atom. The highest BCUT2D eigenvalue weighted by Gasteiger charge is 2.60. The standard InChI is InChI=1S/C24H21FN2O4/c25-16-5-3-4-13(11-16)18(12-20(29)26-17-6-1-2-7-19(17)28)27-23(30)21-14-8-9-15(10-14)22(21)24(27)31/h1-9,11,14-15,18,21-22,28H,10,12H2,(H,26,29). The van der Waals surface area contributed by atoms with Gasteiger partial charge in [0.15, 0.2) is 0 Å². The Morgan fingerprint density at radius 1 is 1.06 bits per heavy atom. The van der Waals surface area contributed by atoms with Gasteiger partial charge in [-0.1, -0.05) is 36.4 Å². The number of amides is 3. The molecule has 0 spiro atoms. The van der Waals surface area contributed by atoms with Crippen LogP contribution < -0.4 is 5.32 Å². The number of para-hydroxylation sites is 2. The second-order valence-corrected chi connectivity index (χ2v) is 8.39. The summed E-state index contributed by atoms with van der Waals surface area (Å²) >= 11 is 0. The van der Waals surface area contributed by atoms with Crippen LogP contribution in [0.2, 0.25) is 0 Å². The monoisotopic (exact) mass is 420 g/mol. The van der Waals surface area contributed by atoms with Crippen LogP contribution in [0.4, 0.5) is 10.1 Å². The summed E-state index contributed by atoms with van der Waals surface area (Å²) in [6.07, 6.45) is 4.57. The Kier molecular flexibility index (Phi) is 4.61. The van der Waals surface area contributed by atoms with Crippen LogP contribution >= 0.6 is 0 Å². The number of likely N-dealkylation sites (tertiary alicyclic amines) is 1. The van der Waals surface area contributed by atoms with Gasteiger partial charge in [0.2, 0.25) is 17.7 Å². The number of benzene rings is 2. The smallest absolute Gasteiger partial charge is 0.234 e. The molecule has 2 fully saturated rings. The molecular formula is C24H21FN2O4. The lowest BCUT2D eigenvalue weighted by Gasteiger charge is -2.28. The maximum Gasteiger partial charge on any atom is 0.234 e. The molecule has 1 heterocycles. The molecule has 7 heteroatoms. The van der Waals surface area contributed by atoms with Gasteiger partial charge in [-0.3, -0.25) is 19.3 Å². The summed E-state index contributed by atoms with van der Waals surface area (Å²) < 4.78 is 14.0. The number of phenols is 1. The third kappa shape index (κ3) is 3.21. The predicted octanol–water partition coefficient (Wildman–Crippen LogP) is 3.41. The number of rotatable bonds is 5. The first-order chi connectivity index (χ1) is 14.9. The number of carbonyl (C=O) groups excluding carboxylic acids is 3. The van der Waals surface area contributed by atoms with Crippen LogP contribution in [0.1, 0.15) is 24.4 Å². The molecule has 0 radical (unpaired) electrons. The van der Waals surface area contributed by atoms with Crippen molar-refractivity contribution in [2.75, 3.05) is 5.32 Å². The highest BCUT2D eigenvalue weighted by molar-refractivity contribution is 6.07. The Labute approximate surface area is 178 Å². The Morgan fingerprint density at radius 3 is 2.39 bits per heavy atom. The number of nitrogens with zero attached hydrogens (tertiary/aromatic N) is 1. The third-order valence-electron chi connectivity index (χ3n) is 6.61. The van der Waals surface area contributed by atoms with Crippen molar-refractivity contribution in [1.82, 2.24) is 4.90 Å². The lowest BCUT2D eigenvalue weighted by atomic mass is 9.85. The van der Waals surface area contributed by atoms with E-state index in [4.69, 9.17) is 0 Å². The van der Waals surface area contributed by atoms with E-state index in [1.807, 2.05) is 12.2 Å². The van der Waals surface area contributed by atoms with Crippen LogP contribution in [0.15, 0.2) is 60.7 Å². The molecule has 2 aromatic rings. The summed E-state index contributed by atoms with van der Waals surface area (Å²) in [6.45, 7) is 0. The van der Waals surface area contributed by atoms with E-state index in [1.54, 1.807) is 24.3 Å².